The fraction of sp³-hybridized carbons (Fsp3) is 0.595. The lowest BCUT2D eigenvalue weighted by atomic mass is 9.71. The minimum atomic E-state index is -4.15. The molecule has 2 saturated heterocycles. The predicted octanol–water partition coefficient (Wildman–Crippen LogP) is 7.14. The Morgan fingerprint density at radius 1 is 0.964 bits per heavy atom. The Hall–Kier alpha value is -4.26. The summed E-state index contributed by atoms with van der Waals surface area (Å²) in [6.07, 6.45) is 1.16. The van der Waals surface area contributed by atoms with Gasteiger partial charge in [0.15, 0.2) is 0 Å². The lowest BCUT2D eigenvalue weighted by Crippen LogP contribution is -2.63. The van der Waals surface area contributed by atoms with Crippen molar-refractivity contribution in [3.8, 4) is 0 Å². The standard InChI is InChI=1S/C42H52F3N5O5/c1-27(2)21-55-39(53)34-10-6-5-8-29(34)18-50-19-30(17-46-50)37(51)48-20-32(41(24-48)25-49(26-41)38(52)35-16-40(35,3)4)22-54-23-33-9-7-11-36(47-33)28-12-14-31(15-13-28)42(43,44)45/h5-11,17,19,27-28,31-32,35H,12-16,18,20-26H2,1-4H3/t28?,31?,32-,35+/m0/s1. The molecule has 296 valence electrons. The molecule has 2 saturated carbocycles. The Kier molecular flexibility index (Phi) is 10.9. The van der Waals surface area contributed by atoms with E-state index in [0.29, 0.717) is 69.9 Å². The van der Waals surface area contributed by atoms with E-state index in [1.807, 2.05) is 54.0 Å². The Labute approximate surface area is 320 Å². The molecule has 4 aliphatic rings. The number of nitrogens with zero attached hydrogens (tertiary/aromatic N) is 5. The highest BCUT2D eigenvalue weighted by Crippen LogP contribution is 2.54. The van der Waals surface area contributed by atoms with Crippen LogP contribution in [-0.4, -0.2) is 87.9 Å². The molecule has 0 unspecified atom stereocenters. The largest absolute Gasteiger partial charge is 0.462 e. The average Bonchev–Trinajstić information content (AvgIpc) is 3.42. The van der Waals surface area contributed by atoms with E-state index in [0.717, 1.165) is 23.4 Å². The Morgan fingerprint density at radius 3 is 2.36 bits per heavy atom. The van der Waals surface area contributed by atoms with Gasteiger partial charge in [-0.25, -0.2) is 4.79 Å². The molecule has 0 radical (unpaired) electrons. The summed E-state index contributed by atoms with van der Waals surface area (Å²) in [4.78, 5) is 48.7. The monoisotopic (exact) mass is 763 g/mol. The van der Waals surface area contributed by atoms with Crippen LogP contribution in [0.1, 0.15) is 103 Å². The molecular weight excluding hydrogens is 711 g/mol. The smallest absolute Gasteiger partial charge is 0.391 e. The number of halogens is 3. The van der Waals surface area contributed by atoms with Gasteiger partial charge < -0.3 is 19.3 Å². The van der Waals surface area contributed by atoms with Crippen molar-refractivity contribution in [1.29, 1.82) is 0 Å². The van der Waals surface area contributed by atoms with Gasteiger partial charge in [0.25, 0.3) is 5.91 Å². The van der Waals surface area contributed by atoms with Crippen LogP contribution in [0.25, 0.3) is 0 Å². The van der Waals surface area contributed by atoms with Crippen molar-refractivity contribution >= 4 is 17.8 Å². The number of rotatable bonds is 12. The topological polar surface area (TPSA) is 107 Å². The maximum atomic E-state index is 14.0. The highest BCUT2D eigenvalue weighted by molar-refractivity contribution is 5.94. The third-order valence-corrected chi connectivity index (χ3v) is 12.2. The van der Waals surface area contributed by atoms with Crippen LogP contribution in [0.15, 0.2) is 54.9 Å². The number of hydrogen-bond donors (Lipinski definition) is 0. The van der Waals surface area contributed by atoms with E-state index in [1.165, 1.54) is 0 Å². The fourth-order valence-electron chi connectivity index (χ4n) is 8.68. The Bertz CT molecular complexity index is 1880. The van der Waals surface area contributed by atoms with E-state index in [-0.39, 0.29) is 65.8 Å². The number of esters is 1. The van der Waals surface area contributed by atoms with Gasteiger partial charge in [-0.2, -0.15) is 18.3 Å². The first-order valence-corrected chi connectivity index (χ1v) is 19.6. The van der Waals surface area contributed by atoms with Crippen molar-refractivity contribution < 1.29 is 37.0 Å². The molecule has 10 nitrogen and oxygen atoms in total. The molecule has 2 aliphatic heterocycles. The highest BCUT2D eigenvalue weighted by Gasteiger charge is 2.60. The summed E-state index contributed by atoms with van der Waals surface area (Å²) in [6.45, 7) is 11.5. The Balaban J connectivity index is 0.997. The van der Waals surface area contributed by atoms with E-state index in [2.05, 4.69) is 18.9 Å². The van der Waals surface area contributed by atoms with Gasteiger partial charge in [-0.05, 0) is 67.2 Å². The van der Waals surface area contributed by atoms with Gasteiger partial charge in [0.2, 0.25) is 5.91 Å². The molecule has 13 heteroatoms. The number of aromatic nitrogens is 3. The summed E-state index contributed by atoms with van der Waals surface area (Å²) in [5.74, 6) is -1.38. The van der Waals surface area contributed by atoms with Gasteiger partial charge in [-0.3, -0.25) is 19.3 Å². The number of alkyl halides is 3. The summed E-state index contributed by atoms with van der Waals surface area (Å²) >= 11 is 0. The first-order chi connectivity index (χ1) is 26.1. The van der Waals surface area contributed by atoms with Crippen molar-refractivity contribution in [1.82, 2.24) is 24.6 Å². The summed E-state index contributed by atoms with van der Waals surface area (Å²) < 4.78 is 53.1. The molecule has 7 rings (SSSR count). The van der Waals surface area contributed by atoms with E-state index in [4.69, 9.17) is 14.5 Å². The number of carbonyl (C=O) groups is 3. The maximum Gasteiger partial charge on any atom is 0.391 e. The van der Waals surface area contributed by atoms with E-state index in [1.54, 1.807) is 29.2 Å². The summed E-state index contributed by atoms with van der Waals surface area (Å²) in [7, 11) is 0. The van der Waals surface area contributed by atoms with E-state index in [9.17, 15) is 27.6 Å². The van der Waals surface area contributed by atoms with Gasteiger partial charge in [-0.15, -0.1) is 0 Å². The van der Waals surface area contributed by atoms with Gasteiger partial charge >= 0.3 is 12.1 Å². The summed E-state index contributed by atoms with van der Waals surface area (Å²) in [6, 6.07) is 12.9. The Morgan fingerprint density at radius 2 is 1.67 bits per heavy atom. The number of benzene rings is 1. The number of ether oxygens (including phenoxy) is 2. The van der Waals surface area contributed by atoms with Crippen molar-refractivity contribution in [3.63, 3.8) is 0 Å². The second-order valence-electron chi connectivity index (χ2n) is 17.4. The van der Waals surface area contributed by atoms with Crippen LogP contribution < -0.4 is 0 Å². The molecule has 3 aromatic rings. The normalized spacial score (nSPS) is 24.2. The van der Waals surface area contributed by atoms with Gasteiger partial charge in [0.1, 0.15) is 0 Å². The molecule has 2 atom stereocenters. The molecule has 55 heavy (non-hydrogen) atoms. The molecular formula is C42H52F3N5O5. The number of pyridine rings is 1. The molecule has 2 aromatic heterocycles. The highest BCUT2D eigenvalue weighted by atomic mass is 19.4. The van der Waals surface area contributed by atoms with Gasteiger partial charge in [-0.1, -0.05) is 52.0 Å². The number of carbonyl (C=O) groups excluding carboxylic acids is 3. The third kappa shape index (κ3) is 8.61. The average molecular weight is 764 g/mol. The number of amides is 2. The quantitative estimate of drug-likeness (QED) is 0.181. The van der Waals surface area contributed by atoms with Crippen LogP contribution >= 0.6 is 0 Å². The first kappa shape index (κ1) is 39.0. The second kappa shape index (κ2) is 15.3. The molecule has 4 heterocycles. The molecule has 1 aromatic carbocycles. The van der Waals surface area contributed by atoms with Crippen LogP contribution in [-0.2, 0) is 27.4 Å². The third-order valence-electron chi connectivity index (χ3n) is 12.2. The SMILES string of the molecule is CC(C)COC(=O)c1ccccc1Cn1cc(C(=O)N2C[C@@H](COCc3cccc(C4CCC(C(F)(F)F)CC4)n3)C3(C2)CN(C(=O)[C@H]2CC2(C)C)C3)cn1. The summed E-state index contributed by atoms with van der Waals surface area (Å²) in [5.41, 5.74) is 2.89. The molecule has 2 amide bonds. The van der Waals surface area contributed by atoms with Crippen LogP contribution in [0, 0.1) is 34.5 Å². The zero-order valence-electron chi connectivity index (χ0n) is 32.2. The fourth-order valence-corrected chi connectivity index (χ4v) is 8.68. The predicted molar refractivity (Wildman–Crippen MR) is 198 cm³/mol. The molecule has 2 aliphatic carbocycles. The molecule has 0 bridgehead atoms. The minimum absolute atomic E-state index is 0.00325. The molecule has 4 fully saturated rings. The first-order valence-electron chi connectivity index (χ1n) is 19.6. The van der Waals surface area contributed by atoms with Crippen LogP contribution in [0.5, 0.6) is 0 Å². The number of hydrogen-bond acceptors (Lipinski definition) is 7. The van der Waals surface area contributed by atoms with E-state index < -0.39 is 18.1 Å². The van der Waals surface area contributed by atoms with E-state index >= 15 is 0 Å². The zero-order valence-corrected chi connectivity index (χ0v) is 32.2. The molecule has 1 spiro atoms. The lowest BCUT2D eigenvalue weighted by molar-refractivity contribution is -0.182. The van der Waals surface area contributed by atoms with Gasteiger partial charge in [0, 0.05) is 61.2 Å². The minimum Gasteiger partial charge on any atom is -0.462 e. The van der Waals surface area contributed by atoms with Crippen molar-refractivity contribution in [3.05, 3.63) is 82.9 Å². The van der Waals surface area contributed by atoms with Gasteiger partial charge in [0.05, 0.1) is 55.3 Å². The van der Waals surface area contributed by atoms with Crippen LogP contribution in [0.4, 0.5) is 13.2 Å². The van der Waals surface area contributed by atoms with Crippen molar-refractivity contribution in [2.45, 2.75) is 85.0 Å². The number of likely N-dealkylation sites (tertiary alicyclic amines) is 2. The summed E-state index contributed by atoms with van der Waals surface area (Å²) in [5, 5.41) is 4.46. The zero-order chi connectivity index (χ0) is 39.1. The molecule has 0 N–H and O–H groups in total. The lowest BCUT2D eigenvalue weighted by Gasteiger charge is -2.51. The second-order valence-corrected chi connectivity index (χ2v) is 17.4. The van der Waals surface area contributed by atoms with Crippen LogP contribution in [0.3, 0.4) is 0 Å². The van der Waals surface area contributed by atoms with Crippen molar-refractivity contribution in [2.24, 2.45) is 34.5 Å². The van der Waals surface area contributed by atoms with Crippen molar-refractivity contribution in [2.75, 3.05) is 39.4 Å². The maximum absolute atomic E-state index is 14.0. The van der Waals surface area contributed by atoms with Crippen LogP contribution in [0.2, 0.25) is 0 Å².